The van der Waals surface area contributed by atoms with Gasteiger partial charge in [-0.1, -0.05) is 0 Å². The van der Waals surface area contributed by atoms with Crippen LogP contribution in [0.1, 0.15) is 26.7 Å². The first-order valence-electron chi connectivity index (χ1n) is 5.01. The number of thioether (sulfide) groups is 1. The Bertz CT molecular complexity index is 290. The van der Waals surface area contributed by atoms with Crippen LogP contribution in [0.5, 0.6) is 0 Å². The van der Waals surface area contributed by atoms with Crippen molar-refractivity contribution in [1.29, 1.82) is 0 Å². The Hall–Kier alpha value is -0.840. The second-order valence-corrected chi connectivity index (χ2v) is 4.80. The molecule has 0 aromatic carbocycles. The van der Waals surface area contributed by atoms with Crippen molar-refractivity contribution in [2.75, 3.05) is 12.3 Å². The molecule has 0 spiro atoms. The summed E-state index contributed by atoms with van der Waals surface area (Å²) in [5, 5.41) is -0.267. The third kappa shape index (κ3) is 3.06. The first-order valence-corrected chi connectivity index (χ1v) is 6.06. The highest BCUT2D eigenvalue weighted by molar-refractivity contribution is 8.00. The van der Waals surface area contributed by atoms with Crippen LogP contribution in [0.2, 0.25) is 0 Å². The Kier molecular flexibility index (Phi) is 4.32. The van der Waals surface area contributed by atoms with E-state index in [-0.39, 0.29) is 29.3 Å². The topological polar surface area (TPSA) is 54.5 Å². The summed E-state index contributed by atoms with van der Waals surface area (Å²) in [6.07, 6.45) is 0.754. The predicted octanol–water partition coefficient (Wildman–Crippen LogP) is 0.846. The molecule has 0 saturated carbocycles. The lowest BCUT2D eigenvalue weighted by molar-refractivity contribution is -0.137. The van der Waals surface area contributed by atoms with Crippen LogP contribution >= 0.6 is 11.8 Å². The smallest absolute Gasteiger partial charge is 0.242 e. The van der Waals surface area contributed by atoms with Gasteiger partial charge in [0.15, 0.2) is 0 Å². The van der Waals surface area contributed by atoms with Gasteiger partial charge in [0.1, 0.15) is 5.78 Å². The summed E-state index contributed by atoms with van der Waals surface area (Å²) in [6.45, 7) is 3.76. The Morgan fingerprint density at radius 3 is 2.67 bits per heavy atom. The number of ketones is 1. The molecule has 0 radical (unpaired) electrons. The van der Waals surface area contributed by atoms with Gasteiger partial charge in [-0.05, 0) is 13.8 Å². The van der Waals surface area contributed by atoms with Gasteiger partial charge >= 0.3 is 0 Å². The Balaban J connectivity index is 2.41. The molecule has 1 rings (SSSR count). The number of likely N-dealkylation sites (tertiary alicyclic amines) is 1. The van der Waals surface area contributed by atoms with Crippen molar-refractivity contribution in [3.05, 3.63) is 0 Å². The highest BCUT2D eigenvalue weighted by Crippen LogP contribution is 2.25. The fourth-order valence-corrected chi connectivity index (χ4v) is 2.68. The third-order valence-electron chi connectivity index (χ3n) is 2.29. The van der Waals surface area contributed by atoms with E-state index in [4.69, 9.17) is 0 Å². The van der Waals surface area contributed by atoms with Crippen molar-refractivity contribution in [1.82, 2.24) is 4.90 Å². The second-order valence-electron chi connectivity index (χ2n) is 3.49. The van der Waals surface area contributed by atoms with Crippen LogP contribution < -0.4 is 0 Å². The number of hydrogen-bond acceptors (Lipinski definition) is 4. The molecule has 1 atom stereocenters. The largest absolute Gasteiger partial charge is 0.300 e. The molecule has 0 aliphatic carbocycles. The molecule has 5 heteroatoms. The van der Waals surface area contributed by atoms with Crippen LogP contribution in [0, 0.1) is 0 Å². The maximum atomic E-state index is 11.6. The van der Waals surface area contributed by atoms with Gasteiger partial charge in [0, 0.05) is 25.1 Å². The van der Waals surface area contributed by atoms with Gasteiger partial charge < -0.3 is 0 Å². The average Bonchev–Trinajstić information content (AvgIpc) is 2.41. The van der Waals surface area contributed by atoms with Crippen LogP contribution in [0.25, 0.3) is 0 Å². The summed E-state index contributed by atoms with van der Waals surface area (Å²) in [5.41, 5.74) is 0. The first kappa shape index (κ1) is 12.2. The summed E-state index contributed by atoms with van der Waals surface area (Å²) < 4.78 is 0. The molecular formula is C10H15NO3S. The minimum absolute atomic E-state index is 0.0946. The molecule has 15 heavy (non-hydrogen) atoms. The van der Waals surface area contributed by atoms with Crippen molar-refractivity contribution in [3.63, 3.8) is 0 Å². The lowest BCUT2D eigenvalue weighted by Gasteiger charge is -2.11. The van der Waals surface area contributed by atoms with Crippen LogP contribution in [0.3, 0.4) is 0 Å². The first-order chi connectivity index (χ1) is 7.06. The molecule has 1 unspecified atom stereocenters. The monoisotopic (exact) mass is 229 g/mol. The quantitative estimate of drug-likeness (QED) is 0.656. The maximum Gasteiger partial charge on any atom is 0.242 e. The van der Waals surface area contributed by atoms with E-state index in [1.807, 2.05) is 0 Å². The molecule has 0 aromatic rings. The standard InChI is InChI=1S/C10H15NO3S/c1-3-11-9(13)6-8(10(11)14)15-5-4-7(2)12/h8H,3-6H2,1-2H3. The lowest BCUT2D eigenvalue weighted by atomic mass is 10.3. The van der Waals surface area contributed by atoms with Gasteiger partial charge in [0.05, 0.1) is 5.25 Å². The number of Topliss-reactive ketones (excluding diaryl/α,β-unsaturated/α-hetero) is 1. The summed E-state index contributed by atoms with van der Waals surface area (Å²) in [6, 6.07) is 0. The van der Waals surface area contributed by atoms with Gasteiger partial charge in [-0.15, -0.1) is 11.8 Å². The number of hydrogen-bond donors (Lipinski definition) is 0. The molecule has 1 fully saturated rings. The Morgan fingerprint density at radius 1 is 1.53 bits per heavy atom. The second kappa shape index (κ2) is 5.30. The molecule has 84 valence electrons. The molecule has 1 aliphatic heterocycles. The van der Waals surface area contributed by atoms with Gasteiger partial charge in [-0.2, -0.15) is 0 Å². The fourth-order valence-electron chi connectivity index (χ4n) is 1.46. The zero-order chi connectivity index (χ0) is 11.4. The van der Waals surface area contributed by atoms with E-state index < -0.39 is 0 Å². The average molecular weight is 229 g/mol. The van der Waals surface area contributed by atoms with Gasteiger partial charge in [-0.25, -0.2) is 0 Å². The lowest BCUT2D eigenvalue weighted by Crippen LogP contribution is -2.30. The molecule has 0 aromatic heterocycles. The van der Waals surface area contributed by atoms with Crippen LogP contribution in [-0.2, 0) is 14.4 Å². The minimum Gasteiger partial charge on any atom is -0.300 e. The van der Waals surface area contributed by atoms with Gasteiger partial charge in [-0.3, -0.25) is 19.3 Å². The van der Waals surface area contributed by atoms with E-state index in [1.54, 1.807) is 6.92 Å². The molecular weight excluding hydrogens is 214 g/mol. The Labute approximate surface area is 93.4 Å². The molecule has 0 bridgehead atoms. The number of nitrogens with zero attached hydrogens (tertiary/aromatic N) is 1. The summed E-state index contributed by atoms with van der Waals surface area (Å²) in [7, 11) is 0. The Morgan fingerprint density at radius 2 is 2.20 bits per heavy atom. The van der Waals surface area contributed by atoms with E-state index >= 15 is 0 Å². The minimum atomic E-state index is -0.267. The highest BCUT2D eigenvalue weighted by Gasteiger charge is 2.37. The molecule has 1 heterocycles. The number of imide groups is 1. The van der Waals surface area contributed by atoms with E-state index in [9.17, 15) is 14.4 Å². The van der Waals surface area contributed by atoms with Crippen LogP contribution in [-0.4, -0.2) is 40.0 Å². The number of amides is 2. The van der Waals surface area contributed by atoms with E-state index in [0.717, 1.165) is 0 Å². The van der Waals surface area contributed by atoms with Crippen LogP contribution in [0.4, 0.5) is 0 Å². The van der Waals surface area contributed by atoms with Crippen molar-refractivity contribution in [2.45, 2.75) is 31.9 Å². The molecule has 1 saturated heterocycles. The highest BCUT2D eigenvalue weighted by atomic mass is 32.2. The van der Waals surface area contributed by atoms with Crippen LogP contribution in [0.15, 0.2) is 0 Å². The summed E-state index contributed by atoms with van der Waals surface area (Å²) in [5.74, 6) is 0.543. The zero-order valence-corrected chi connectivity index (χ0v) is 9.80. The summed E-state index contributed by atoms with van der Waals surface area (Å²) in [4.78, 5) is 35.0. The SMILES string of the molecule is CCN1C(=O)CC(SCCC(C)=O)C1=O. The molecule has 1 aliphatic rings. The molecule has 4 nitrogen and oxygen atoms in total. The number of carbonyl (C=O) groups excluding carboxylic acids is 3. The van der Waals surface area contributed by atoms with Crippen molar-refractivity contribution in [3.8, 4) is 0 Å². The number of carbonyl (C=O) groups is 3. The normalized spacial score (nSPS) is 21.2. The fraction of sp³-hybridized carbons (Fsp3) is 0.700. The molecule has 0 N–H and O–H groups in total. The van der Waals surface area contributed by atoms with E-state index in [2.05, 4.69) is 0 Å². The van der Waals surface area contributed by atoms with Crippen molar-refractivity contribution in [2.24, 2.45) is 0 Å². The van der Waals surface area contributed by atoms with Crippen molar-refractivity contribution >= 4 is 29.4 Å². The summed E-state index contributed by atoms with van der Waals surface area (Å²) >= 11 is 1.41. The van der Waals surface area contributed by atoms with E-state index in [1.165, 1.54) is 23.6 Å². The van der Waals surface area contributed by atoms with Gasteiger partial charge in [0.25, 0.3) is 0 Å². The number of rotatable bonds is 5. The van der Waals surface area contributed by atoms with Gasteiger partial charge in [0.2, 0.25) is 11.8 Å². The van der Waals surface area contributed by atoms with E-state index in [0.29, 0.717) is 18.7 Å². The maximum absolute atomic E-state index is 11.6. The van der Waals surface area contributed by atoms with Crippen molar-refractivity contribution < 1.29 is 14.4 Å². The third-order valence-corrected chi connectivity index (χ3v) is 3.50. The molecule has 2 amide bonds. The predicted molar refractivity (Wildman–Crippen MR) is 58.6 cm³/mol. The zero-order valence-electron chi connectivity index (χ0n) is 8.99.